The summed E-state index contributed by atoms with van der Waals surface area (Å²) in [5, 5.41) is 6.06. The number of fused-ring (bicyclic) bond motifs is 1. The Morgan fingerprint density at radius 1 is 0.946 bits per heavy atom. The Bertz CT molecular complexity index is 1430. The smallest absolute Gasteiger partial charge is 0.251 e. The Hall–Kier alpha value is -3.82. The van der Waals surface area contributed by atoms with Gasteiger partial charge in [0.25, 0.3) is 5.91 Å². The molecule has 6 nitrogen and oxygen atoms in total. The van der Waals surface area contributed by atoms with Crippen LogP contribution in [-0.2, 0) is 16.0 Å². The van der Waals surface area contributed by atoms with Crippen molar-refractivity contribution in [1.29, 1.82) is 0 Å². The minimum Gasteiger partial charge on any atom is -0.361 e. The first-order chi connectivity index (χ1) is 17.7. The van der Waals surface area contributed by atoms with Gasteiger partial charge < -0.3 is 21.4 Å². The molecule has 0 fully saturated rings. The van der Waals surface area contributed by atoms with Crippen LogP contribution in [0.4, 0.5) is 18.9 Å². The third kappa shape index (κ3) is 6.69. The van der Waals surface area contributed by atoms with Crippen molar-refractivity contribution >= 4 is 40.0 Å². The maximum Gasteiger partial charge on any atom is 0.251 e. The van der Waals surface area contributed by atoms with Crippen molar-refractivity contribution in [2.45, 2.75) is 31.3 Å². The van der Waals surface area contributed by atoms with E-state index in [0.717, 1.165) is 23.1 Å². The van der Waals surface area contributed by atoms with Crippen LogP contribution in [0.25, 0.3) is 10.9 Å². The second-order valence-corrected chi connectivity index (χ2v) is 9.08. The zero-order valence-corrected chi connectivity index (χ0v) is 20.3. The fourth-order valence-corrected chi connectivity index (χ4v) is 4.31. The molecule has 2 amide bonds. The molecule has 1 aromatic heterocycles. The summed E-state index contributed by atoms with van der Waals surface area (Å²) in [5.41, 5.74) is 8.31. The van der Waals surface area contributed by atoms with E-state index in [9.17, 15) is 22.8 Å². The lowest BCUT2D eigenvalue weighted by atomic mass is 10.0. The number of carbonyl (C=O) groups excluding carboxylic acids is 2. The van der Waals surface area contributed by atoms with Gasteiger partial charge in [-0.05, 0) is 73.0 Å². The molecular weight excluding hydrogens is 505 g/mol. The lowest BCUT2D eigenvalue weighted by Gasteiger charge is -2.21. The molecule has 0 aliphatic heterocycles. The predicted octanol–water partition coefficient (Wildman–Crippen LogP) is 5.38. The Morgan fingerprint density at radius 2 is 1.62 bits per heavy atom. The molecule has 2 unspecified atom stereocenters. The van der Waals surface area contributed by atoms with E-state index in [1.165, 1.54) is 42.5 Å². The lowest BCUT2D eigenvalue weighted by Crippen LogP contribution is -2.39. The monoisotopic (exact) mass is 528 g/mol. The SMILES string of the molecule is NC(CCc1c[nH]c2cc(F)ccc12)CC(=O)NC(C(=O)Nc1ccc(F)cc1)c1ccc(F)cc1Cl. The number of H-pyrrole nitrogens is 1. The molecular formula is C27H24ClF3N4O2. The van der Waals surface area contributed by atoms with Gasteiger partial charge in [-0.15, -0.1) is 0 Å². The zero-order chi connectivity index (χ0) is 26.5. The first-order valence-electron chi connectivity index (χ1n) is 11.5. The van der Waals surface area contributed by atoms with E-state index in [-0.39, 0.29) is 22.8 Å². The third-order valence-corrected chi connectivity index (χ3v) is 6.24. The second-order valence-electron chi connectivity index (χ2n) is 8.67. The van der Waals surface area contributed by atoms with Gasteiger partial charge >= 0.3 is 0 Å². The summed E-state index contributed by atoms with van der Waals surface area (Å²) in [7, 11) is 0. The van der Waals surface area contributed by atoms with Crippen LogP contribution in [0.5, 0.6) is 0 Å². The van der Waals surface area contributed by atoms with Crippen molar-refractivity contribution in [3.8, 4) is 0 Å². The van der Waals surface area contributed by atoms with Crippen LogP contribution in [-0.4, -0.2) is 22.8 Å². The van der Waals surface area contributed by atoms with E-state index in [4.69, 9.17) is 17.3 Å². The van der Waals surface area contributed by atoms with Gasteiger partial charge in [0.05, 0.1) is 0 Å². The van der Waals surface area contributed by atoms with Crippen LogP contribution in [0.2, 0.25) is 5.02 Å². The fourth-order valence-electron chi connectivity index (χ4n) is 4.03. The number of anilines is 1. The van der Waals surface area contributed by atoms with Crippen LogP contribution in [0.1, 0.15) is 30.0 Å². The molecule has 37 heavy (non-hydrogen) atoms. The van der Waals surface area contributed by atoms with E-state index in [2.05, 4.69) is 15.6 Å². The maximum atomic E-state index is 13.6. The number of rotatable bonds is 9. The summed E-state index contributed by atoms with van der Waals surface area (Å²) in [6, 6.07) is 11.3. The molecule has 4 rings (SSSR count). The van der Waals surface area contributed by atoms with Crippen LogP contribution in [0, 0.1) is 17.5 Å². The molecule has 0 aliphatic rings. The highest BCUT2D eigenvalue weighted by atomic mass is 35.5. The number of aromatic amines is 1. The number of amides is 2. The molecule has 0 bridgehead atoms. The quantitative estimate of drug-likeness (QED) is 0.234. The fraction of sp³-hybridized carbons (Fsp3) is 0.185. The zero-order valence-electron chi connectivity index (χ0n) is 19.5. The van der Waals surface area contributed by atoms with Gasteiger partial charge in [-0.3, -0.25) is 9.59 Å². The first-order valence-corrected chi connectivity index (χ1v) is 11.9. The van der Waals surface area contributed by atoms with E-state index in [0.29, 0.717) is 24.0 Å². The van der Waals surface area contributed by atoms with Crippen molar-refractivity contribution in [1.82, 2.24) is 10.3 Å². The average Bonchev–Trinajstić information content (AvgIpc) is 3.25. The van der Waals surface area contributed by atoms with Crippen molar-refractivity contribution in [2.24, 2.45) is 5.73 Å². The summed E-state index contributed by atoms with van der Waals surface area (Å²) < 4.78 is 40.2. The number of halogens is 4. The topological polar surface area (TPSA) is 100 Å². The van der Waals surface area contributed by atoms with Gasteiger partial charge in [-0.2, -0.15) is 0 Å². The van der Waals surface area contributed by atoms with E-state index in [1.54, 1.807) is 12.3 Å². The molecule has 0 aliphatic carbocycles. The van der Waals surface area contributed by atoms with Crippen LogP contribution in [0.15, 0.2) is 66.9 Å². The van der Waals surface area contributed by atoms with Gasteiger partial charge in [-0.1, -0.05) is 17.7 Å². The Kier molecular flexibility index (Phi) is 8.15. The summed E-state index contributed by atoms with van der Waals surface area (Å²) in [5.74, 6) is -2.56. The molecule has 10 heteroatoms. The highest BCUT2D eigenvalue weighted by molar-refractivity contribution is 6.31. The van der Waals surface area contributed by atoms with E-state index < -0.39 is 35.5 Å². The second kappa shape index (κ2) is 11.5. The highest BCUT2D eigenvalue weighted by Gasteiger charge is 2.26. The molecule has 4 aromatic rings. The highest BCUT2D eigenvalue weighted by Crippen LogP contribution is 2.26. The van der Waals surface area contributed by atoms with Gasteiger partial charge in [0, 0.05) is 45.8 Å². The minimum atomic E-state index is -1.25. The van der Waals surface area contributed by atoms with Crippen molar-refractivity contribution < 1.29 is 22.8 Å². The van der Waals surface area contributed by atoms with Crippen LogP contribution in [0.3, 0.4) is 0 Å². The van der Waals surface area contributed by atoms with E-state index in [1.807, 2.05) is 0 Å². The number of nitrogens with two attached hydrogens (primary N) is 1. The maximum absolute atomic E-state index is 13.6. The lowest BCUT2D eigenvalue weighted by molar-refractivity contribution is -0.126. The molecule has 2 atom stereocenters. The summed E-state index contributed by atoms with van der Waals surface area (Å²) >= 11 is 6.17. The number of aromatic nitrogens is 1. The Labute approximate surface area is 216 Å². The summed E-state index contributed by atoms with van der Waals surface area (Å²) in [4.78, 5) is 28.9. The molecule has 5 N–H and O–H groups in total. The minimum absolute atomic E-state index is 0.0420. The van der Waals surface area contributed by atoms with Gasteiger partial charge in [0.15, 0.2) is 0 Å². The molecule has 0 radical (unpaired) electrons. The number of carbonyl (C=O) groups is 2. The Morgan fingerprint density at radius 3 is 2.35 bits per heavy atom. The van der Waals surface area contributed by atoms with Gasteiger partial charge in [0.2, 0.25) is 5.91 Å². The number of nitrogens with one attached hydrogen (secondary N) is 3. The molecule has 1 heterocycles. The van der Waals surface area contributed by atoms with Gasteiger partial charge in [0.1, 0.15) is 23.5 Å². The largest absolute Gasteiger partial charge is 0.361 e. The average molecular weight is 529 g/mol. The predicted molar refractivity (Wildman–Crippen MR) is 136 cm³/mol. The molecule has 3 aromatic carbocycles. The molecule has 192 valence electrons. The first kappa shape index (κ1) is 26.2. The molecule has 0 spiro atoms. The Balaban J connectivity index is 1.42. The van der Waals surface area contributed by atoms with Crippen molar-refractivity contribution in [3.63, 3.8) is 0 Å². The molecule has 0 saturated heterocycles. The number of aryl methyl sites for hydroxylation is 1. The van der Waals surface area contributed by atoms with Crippen LogP contribution >= 0.6 is 11.6 Å². The normalized spacial score (nSPS) is 12.8. The third-order valence-electron chi connectivity index (χ3n) is 5.91. The van der Waals surface area contributed by atoms with E-state index >= 15 is 0 Å². The number of hydrogen-bond donors (Lipinski definition) is 4. The summed E-state index contributed by atoms with van der Waals surface area (Å²) in [6.07, 6.45) is 2.71. The molecule has 0 saturated carbocycles. The van der Waals surface area contributed by atoms with Crippen LogP contribution < -0.4 is 16.4 Å². The van der Waals surface area contributed by atoms with Crippen molar-refractivity contribution in [3.05, 3.63) is 100 Å². The standard InChI is InChI=1S/C27H24ClF3N4O2/c28-23-11-17(30)5-10-22(23)26(27(37)34-20-7-2-16(29)3-8-20)35-25(36)13-19(32)6-1-15-14-33-24-12-18(31)4-9-21(15)24/h2-5,7-12,14,19,26,33H,1,6,13,32H2,(H,34,37)(H,35,36). The summed E-state index contributed by atoms with van der Waals surface area (Å²) in [6.45, 7) is 0. The van der Waals surface area contributed by atoms with Crippen molar-refractivity contribution in [2.75, 3.05) is 5.32 Å². The number of hydrogen-bond acceptors (Lipinski definition) is 3. The van der Waals surface area contributed by atoms with Gasteiger partial charge in [-0.25, -0.2) is 13.2 Å². The number of benzene rings is 3.